The van der Waals surface area contributed by atoms with Crippen LogP contribution in [0.3, 0.4) is 0 Å². The van der Waals surface area contributed by atoms with Crippen molar-refractivity contribution in [3.05, 3.63) is 54.4 Å². The third-order valence-corrected chi connectivity index (χ3v) is 6.08. The van der Waals surface area contributed by atoms with Crippen LogP contribution in [0, 0.1) is 0 Å². The van der Waals surface area contributed by atoms with Gasteiger partial charge in [-0.3, -0.25) is 4.98 Å². The largest absolute Gasteiger partial charge is 0.490 e. The van der Waals surface area contributed by atoms with Crippen molar-refractivity contribution in [1.29, 1.82) is 0 Å². The van der Waals surface area contributed by atoms with Crippen LogP contribution in [-0.4, -0.2) is 30.9 Å². The first-order valence-corrected chi connectivity index (χ1v) is 9.62. The summed E-state index contributed by atoms with van der Waals surface area (Å²) in [5.74, 6) is 0.732. The number of sulfonamides is 1. The zero-order valence-corrected chi connectivity index (χ0v) is 14.6. The Balaban J connectivity index is 1.69. The molecule has 0 saturated heterocycles. The predicted octanol–water partition coefficient (Wildman–Crippen LogP) is 3.22. The molecule has 6 heteroatoms. The zero-order valence-electron chi connectivity index (χ0n) is 13.8. The summed E-state index contributed by atoms with van der Waals surface area (Å²) in [6, 6.07) is 10.4. The van der Waals surface area contributed by atoms with E-state index in [1.54, 1.807) is 49.8 Å². The third kappa shape index (κ3) is 3.94. The number of aromatic nitrogens is 1. The van der Waals surface area contributed by atoms with E-state index in [4.69, 9.17) is 4.74 Å². The van der Waals surface area contributed by atoms with Gasteiger partial charge in [0.2, 0.25) is 10.0 Å². The first kappa shape index (κ1) is 16.9. The molecule has 1 fully saturated rings. The molecule has 0 aliphatic heterocycles. The molecule has 0 atom stereocenters. The Morgan fingerprint density at radius 1 is 1.17 bits per heavy atom. The molecule has 0 spiro atoms. The summed E-state index contributed by atoms with van der Waals surface area (Å²) in [4.78, 5) is 4.29. The van der Waals surface area contributed by atoms with Gasteiger partial charge >= 0.3 is 0 Å². The minimum absolute atomic E-state index is 0.265. The maximum atomic E-state index is 12.7. The van der Waals surface area contributed by atoms with E-state index >= 15 is 0 Å². The fourth-order valence-electron chi connectivity index (χ4n) is 2.90. The van der Waals surface area contributed by atoms with Gasteiger partial charge in [-0.1, -0.05) is 6.07 Å². The molecular formula is C18H22N2O3S. The SMILES string of the molecule is CN(Cc1cccnc1)S(=O)(=O)c1ccc(OC2CCCC2)cc1. The number of pyridine rings is 1. The van der Waals surface area contributed by atoms with Crippen LogP contribution < -0.4 is 4.74 Å². The van der Waals surface area contributed by atoms with Crippen molar-refractivity contribution in [2.75, 3.05) is 7.05 Å². The molecule has 1 heterocycles. The molecule has 1 aliphatic carbocycles. The molecule has 0 amide bonds. The molecular weight excluding hydrogens is 324 g/mol. The number of hydrogen-bond donors (Lipinski definition) is 0. The highest BCUT2D eigenvalue weighted by Gasteiger charge is 2.21. The number of nitrogens with zero attached hydrogens (tertiary/aromatic N) is 2. The molecule has 3 rings (SSSR count). The molecule has 1 saturated carbocycles. The summed E-state index contributed by atoms with van der Waals surface area (Å²) in [6.45, 7) is 0.288. The van der Waals surface area contributed by atoms with Gasteiger partial charge in [-0.05, 0) is 61.6 Å². The highest BCUT2D eigenvalue weighted by molar-refractivity contribution is 7.89. The predicted molar refractivity (Wildman–Crippen MR) is 92.2 cm³/mol. The van der Waals surface area contributed by atoms with Crippen molar-refractivity contribution in [2.24, 2.45) is 0 Å². The van der Waals surface area contributed by atoms with E-state index in [0.29, 0.717) is 0 Å². The number of rotatable bonds is 6. The quantitative estimate of drug-likeness (QED) is 0.806. The first-order valence-electron chi connectivity index (χ1n) is 8.18. The van der Waals surface area contributed by atoms with Gasteiger partial charge in [-0.25, -0.2) is 8.42 Å². The fraction of sp³-hybridized carbons (Fsp3) is 0.389. The highest BCUT2D eigenvalue weighted by atomic mass is 32.2. The Kier molecular flexibility index (Phi) is 5.16. The minimum atomic E-state index is -3.53. The zero-order chi connectivity index (χ0) is 17.0. The molecule has 0 unspecified atom stereocenters. The van der Waals surface area contributed by atoms with Gasteiger partial charge in [-0.15, -0.1) is 0 Å². The normalized spacial score (nSPS) is 15.8. The lowest BCUT2D eigenvalue weighted by Gasteiger charge is -2.18. The van der Waals surface area contributed by atoms with Crippen LogP contribution >= 0.6 is 0 Å². The summed E-state index contributed by atoms with van der Waals surface area (Å²) in [6.07, 6.45) is 8.17. The van der Waals surface area contributed by atoms with E-state index in [0.717, 1.165) is 24.2 Å². The topological polar surface area (TPSA) is 59.5 Å². The van der Waals surface area contributed by atoms with Gasteiger partial charge < -0.3 is 4.74 Å². The van der Waals surface area contributed by atoms with Gasteiger partial charge in [0, 0.05) is 26.0 Å². The van der Waals surface area contributed by atoms with Gasteiger partial charge in [0.25, 0.3) is 0 Å². The van der Waals surface area contributed by atoms with E-state index < -0.39 is 10.0 Å². The van der Waals surface area contributed by atoms with Crippen LogP contribution in [0.4, 0.5) is 0 Å². The second-order valence-corrected chi connectivity index (χ2v) is 8.16. The molecule has 5 nitrogen and oxygen atoms in total. The van der Waals surface area contributed by atoms with Crippen molar-refractivity contribution in [3.63, 3.8) is 0 Å². The van der Waals surface area contributed by atoms with Crippen LogP contribution in [0.15, 0.2) is 53.7 Å². The van der Waals surface area contributed by atoms with Crippen molar-refractivity contribution in [1.82, 2.24) is 9.29 Å². The molecule has 128 valence electrons. The summed E-state index contributed by atoms with van der Waals surface area (Å²) < 4.78 is 32.5. The molecule has 1 aliphatic rings. The second-order valence-electron chi connectivity index (χ2n) is 6.12. The van der Waals surface area contributed by atoms with Crippen LogP contribution in [-0.2, 0) is 16.6 Å². The lowest BCUT2D eigenvalue weighted by atomic mass is 10.3. The van der Waals surface area contributed by atoms with E-state index in [1.165, 1.54) is 17.1 Å². The lowest BCUT2D eigenvalue weighted by molar-refractivity contribution is 0.210. The molecule has 1 aromatic heterocycles. The van der Waals surface area contributed by atoms with E-state index in [-0.39, 0.29) is 17.5 Å². The Bertz CT molecular complexity index is 755. The molecule has 2 aromatic rings. The third-order valence-electron chi connectivity index (χ3n) is 4.26. The van der Waals surface area contributed by atoms with Crippen molar-refractivity contribution in [3.8, 4) is 5.75 Å². The van der Waals surface area contributed by atoms with Gasteiger partial charge in [0.05, 0.1) is 11.0 Å². The Morgan fingerprint density at radius 2 is 1.88 bits per heavy atom. The summed E-state index contributed by atoms with van der Waals surface area (Å²) in [5.41, 5.74) is 0.852. The number of hydrogen-bond acceptors (Lipinski definition) is 4. The Morgan fingerprint density at radius 3 is 2.50 bits per heavy atom. The molecule has 24 heavy (non-hydrogen) atoms. The Labute approximate surface area is 143 Å². The lowest BCUT2D eigenvalue weighted by Crippen LogP contribution is -2.26. The number of ether oxygens (including phenoxy) is 1. The van der Waals surface area contributed by atoms with Crippen LogP contribution in [0.2, 0.25) is 0 Å². The summed E-state index contributed by atoms with van der Waals surface area (Å²) in [7, 11) is -1.96. The van der Waals surface area contributed by atoms with Crippen molar-refractivity contribution < 1.29 is 13.2 Å². The maximum absolute atomic E-state index is 12.7. The van der Waals surface area contributed by atoms with Crippen molar-refractivity contribution >= 4 is 10.0 Å². The van der Waals surface area contributed by atoms with E-state index in [1.807, 2.05) is 6.07 Å². The molecule has 0 bridgehead atoms. The van der Waals surface area contributed by atoms with Crippen molar-refractivity contribution in [2.45, 2.75) is 43.2 Å². The average Bonchev–Trinajstić information content (AvgIpc) is 3.09. The van der Waals surface area contributed by atoms with Crippen LogP contribution in [0.1, 0.15) is 31.2 Å². The Hall–Kier alpha value is -1.92. The van der Waals surface area contributed by atoms with E-state index in [9.17, 15) is 8.42 Å². The molecule has 1 aromatic carbocycles. The number of benzene rings is 1. The molecule has 0 radical (unpaired) electrons. The fourth-order valence-corrected chi connectivity index (χ4v) is 4.06. The summed E-state index contributed by atoms with van der Waals surface area (Å²) in [5, 5.41) is 0. The highest BCUT2D eigenvalue weighted by Crippen LogP contribution is 2.25. The monoisotopic (exact) mass is 346 g/mol. The first-order chi connectivity index (χ1) is 11.6. The van der Waals surface area contributed by atoms with Gasteiger partial charge in [0.1, 0.15) is 5.75 Å². The average molecular weight is 346 g/mol. The smallest absolute Gasteiger partial charge is 0.243 e. The second kappa shape index (κ2) is 7.32. The van der Waals surface area contributed by atoms with E-state index in [2.05, 4.69) is 4.98 Å². The maximum Gasteiger partial charge on any atom is 0.243 e. The van der Waals surface area contributed by atoms with Crippen LogP contribution in [0.25, 0.3) is 0 Å². The van der Waals surface area contributed by atoms with Crippen LogP contribution in [0.5, 0.6) is 5.75 Å². The van der Waals surface area contributed by atoms with Gasteiger partial charge in [-0.2, -0.15) is 4.31 Å². The minimum Gasteiger partial charge on any atom is -0.490 e. The van der Waals surface area contributed by atoms with Gasteiger partial charge in [0.15, 0.2) is 0 Å². The summed E-state index contributed by atoms with van der Waals surface area (Å²) >= 11 is 0. The molecule has 0 N–H and O–H groups in total. The standard InChI is InChI=1S/C18H22N2O3S/c1-20(14-15-5-4-12-19-13-15)24(21,22)18-10-8-17(9-11-18)23-16-6-2-3-7-16/h4-5,8-13,16H,2-3,6-7,14H2,1H3.